The minimum absolute atomic E-state index is 0.464. The van der Waals surface area contributed by atoms with Crippen molar-refractivity contribution >= 4 is 5.82 Å². The molecule has 2 aromatic heterocycles. The van der Waals surface area contributed by atoms with Crippen LogP contribution in [0.2, 0.25) is 0 Å². The molecule has 0 aliphatic carbocycles. The van der Waals surface area contributed by atoms with E-state index in [1.807, 2.05) is 0 Å². The first-order valence-corrected chi connectivity index (χ1v) is 4.33. The molecule has 74 valence electrons. The first kappa shape index (κ1) is 9.15. The molecule has 6 heteroatoms. The Morgan fingerprint density at radius 2 is 2.40 bits per heavy atom. The van der Waals surface area contributed by atoms with Gasteiger partial charge in [-0.05, 0) is 12.1 Å². The molecule has 0 aromatic carbocycles. The summed E-state index contributed by atoms with van der Waals surface area (Å²) in [5.41, 5.74) is 0.511. The molecule has 0 amide bonds. The lowest BCUT2D eigenvalue weighted by molar-refractivity contribution is 0.946. The summed E-state index contributed by atoms with van der Waals surface area (Å²) in [6.07, 6.45) is 3.06. The molecule has 2 heterocycles. The summed E-state index contributed by atoms with van der Waals surface area (Å²) in [5, 5.41) is 18.2. The summed E-state index contributed by atoms with van der Waals surface area (Å²) in [6.45, 7) is 0.464. The summed E-state index contributed by atoms with van der Waals surface area (Å²) in [7, 11) is 0. The van der Waals surface area contributed by atoms with Gasteiger partial charge in [-0.25, -0.2) is 9.97 Å². The quantitative estimate of drug-likeness (QED) is 0.760. The summed E-state index contributed by atoms with van der Waals surface area (Å²) in [6, 6.07) is 5.48. The van der Waals surface area contributed by atoms with Gasteiger partial charge in [0.25, 0.3) is 0 Å². The summed E-state index contributed by atoms with van der Waals surface area (Å²) >= 11 is 0. The number of H-pyrrole nitrogens is 1. The molecule has 2 aromatic rings. The van der Waals surface area contributed by atoms with Crippen LogP contribution in [-0.2, 0) is 6.54 Å². The zero-order valence-electron chi connectivity index (χ0n) is 7.81. The standard InChI is InChI=1S/C9H8N6/c10-4-7-2-1-3-11-9(7)12-5-8-13-6-14-15-8/h1-3,6H,5H2,(H,11,12)(H,13,14,15). The Labute approximate surface area is 86.0 Å². The number of nitrogens with one attached hydrogen (secondary N) is 2. The van der Waals surface area contributed by atoms with E-state index in [-0.39, 0.29) is 0 Å². The first-order valence-electron chi connectivity index (χ1n) is 4.33. The molecule has 6 nitrogen and oxygen atoms in total. The average molecular weight is 200 g/mol. The fourth-order valence-corrected chi connectivity index (χ4v) is 1.12. The molecule has 0 saturated heterocycles. The molecule has 0 aliphatic rings. The van der Waals surface area contributed by atoms with Crippen LogP contribution in [0.4, 0.5) is 5.82 Å². The van der Waals surface area contributed by atoms with Crippen LogP contribution in [0.5, 0.6) is 0 Å². The van der Waals surface area contributed by atoms with E-state index in [9.17, 15) is 0 Å². The highest BCUT2D eigenvalue weighted by Crippen LogP contribution is 2.09. The number of pyridine rings is 1. The summed E-state index contributed by atoms with van der Waals surface area (Å²) < 4.78 is 0. The second-order valence-electron chi connectivity index (χ2n) is 2.80. The molecule has 0 aliphatic heterocycles. The molecular weight excluding hydrogens is 192 g/mol. The second kappa shape index (κ2) is 4.19. The third-order valence-electron chi connectivity index (χ3n) is 1.82. The Balaban J connectivity index is 2.08. The third kappa shape index (κ3) is 2.08. The van der Waals surface area contributed by atoms with Crippen LogP contribution in [0.25, 0.3) is 0 Å². The lowest BCUT2D eigenvalue weighted by atomic mass is 10.3. The van der Waals surface area contributed by atoms with Gasteiger partial charge in [0.15, 0.2) is 0 Å². The van der Waals surface area contributed by atoms with Gasteiger partial charge in [-0.3, -0.25) is 5.10 Å². The van der Waals surface area contributed by atoms with Crippen molar-refractivity contribution < 1.29 is 0 Å². The van der Waals surface area contributed by atoms with Crippen molar-refractivity contribution in [3.63, 3.8) is 0 Å². The number of aromatic nitrogens is 4. The fraction of sp³-hybridized carbons (Fsp3) is 0.111. The SMILES string of the molecule is N#Cc1cccnc1NCc1ncn[nH]1. The highest BCUT2D eigenvalue weighted by molar-refractivity contribution is 5.50. The maximum atomic E-state index is 8.81. The number of aromatic amines is 1. The predicted molar refractivity (Wildman–Crippen MR) is 52.7 cm³/mol. The van der Waals surface area contributed by atoms with Crippen molar-refractivity contribution in [1.29, 1.82) is 5.26 Å². The van der Waals surface area contributed by atoms with E-state index in [0.717, 1.165) is 0 Å². The van der Waals surface area contributed by atoms with E-state index < -0.39 is 0 Å². The van der Waals surface area contributed by atoms with Gasteiger partial charge in [-0.2, -0.15) is 10.4 Å². The number of anilines is 1. The number of hydrogen-bond acceptors (Lipinski definition) is 5. The molecule has 0 saturated carbocycles. The Kier molecular flexibility index (Phi) is 2.56. The van der Waals surface area contributed by atoms with Gasteiger partial charge in [0.2, 0.25) is 0 Å². The zero-order valence-corrected chi connectivity index (χ0v) is 7.81. The lowest BCUT2D eigenvalue weighted by Crippen LogP contribution is -2.04. The number of hydrogen-bond donors (Lipinski definition) is 2. The molecule has 15 heavy (non-hydrogen) atoms. The van der Waals surface area contributed by atoms with Crippen molar-refractivity contribution in [1.82, 2.24) is 20.2 Å². The van der Waals surface area contributed by atoms with E-state index in [1.54, 1.807) is 18.3 Å². The van der Waals surface area contributed by atoms with E-state index in [2.05, 4.69) is 31.6 Å². The highest BCUT2D eigenvalue weighted by Gasteiger charge is 2.02. The number of rotatable bonds is 3. The van der Waals surface area contributed by atoms with Crippen LogP contribution in [0, 0.1) is 11.3 Å². The minimum atomic E-state index is 0.464. The van der Waals surface area contributed by atoms with Gasteiger partial charge in [-0.1, -0.05) is 0 Å². The fourth-order valence-electron chi connectivity index (χ4n) is 1.12. The molecule has 0 atom stereocenters. The van der Waals surface area contributed by atoms with Crippen LogP contribution in [-0.4, -0.2) is 20.2 Å². The smallest absolute Gasteiger partial charge is 0.144 e. The predicted octanol–water partition coefficient (Wildman–Crippen LogP) is 0.683. The molecule has 0 unspecified atom stereocenters. The monoisotopic (exact) mass is 200 g/mol. The molecule has 0 fully saturated rings. The average Bonchev–Trinajstić information content (AvgIpc) is 2.79. The van der Waals surface area contributed by atoms with Crippen molar-refractivity contribution in [2.75, 3.05) is 5.32 Å². The van der Waals surface area contributed by atoms with E-state index in [4.69, 9.17) is 5.26 Å². The highest BCUT2D eigenvalue weighted by atomic mass is 15.2. The normalized spacial score (nSPS) is 9.53. The van der Waals surface area contributed by atoms with Crippen LogP contribution in [0.1, 0.15) is 11.4 Å². The van der Waals surface area contributed by atoms with Crippen LogP contribution >= 0.6 is 0 Å². The molecule has 2 N–H and O–H groups in total. The molecule has 2 rings (SSSR count). The van der Waals surface area contributed by atoms with Gasteiger partial charge in [0, 0.05) is 6.20 Å². The van der Waals surface area contributed by atoms with E-state index in [0.29, 0.717) is 23.8 Å². The topological polar surface area (TPSA) is 90.3 Å². The van der Waals surface area contributed by atoms with Gasteiger partial charge in [0.05, 0.1) is 12.1 Å². The van der Waals surface area contributed by atoms with Crippen molar-refractivity contribution in [2.45, 2.75) is 6.54 Å². The molecule has 0 spiro atoms. The van der Waals surface area contributed by atoms with Crippen molar-refractivity contribution in [3.8, 4) is 6.07 Å². The maximum Gasteiger partial charge on any atom is 0.144 e. The third-order valence-corrected chi connectivity index (χ3v) is 1.82. The Hall–Kier alpha value is -2.42. The largest absolute Gasteiger partial charge is 0.362 e. The summed E-state index contributed by atoms with van der Waals surface area (Å²) in [4.78, 5) is 8.00. The summed E-state index contributed by atoms with van der Waals surface area (Å²) in [5.74, 6) is 1.25. The van der Waals surface area contributed by atoms with Gasteiger partial charge in [0.1, 0.15) is 24.0 Å². The Morgan fingerprint density at radius 1 is 1.47 bits per heavy atom. The van der Waals surface area contributed by atoms with Gasteiger partial charge in [-0.15, -0.1) is 0 Å². The maximum absolute atomic E-state index is 8.81. The van der Waals surface area contributed by atoms with E-state index >= 15 is 0 Å². The minimum Gasteiger partial charge on any atom is -0.362 e. The molecule has 0 radical (unpaired) electrons. The van der Waals surface area contributed by atoms with Crippen LogP contribution < -0.4 is 5.32 Å². The van der Waals surface area contributed by atoms with Gasteiger partial charge >= 0.3 is 0 Å². The molecular formula is C9H8N6. The number of nitrogens with zero attached hydrogens (tertiary/aromatic N) is 4. The number of nitriles is 1. The van der Waals surface area contributed by atoms with Crippen molar-refractivity contribution in [3.05, 3.63) is 36.0 Å². The lowest BCUT2D eigenvalue weighted by Gasteiger charge is -2.03. The van der Waals surface area contributed by atoms with E-state index in [1.165, 1.54) is 6.33 Å². The van der Waals surface area contributed by atoms with Crippen LogP contribution in [0.15, 0.2) is 24.7 Å². The second-order valence-corrected chi connectivity index (χ2v) is 2.80. The molecule has 0 bridgehead atoms. The van der Waals surface area contributed by atoms with Crippen molar-refractivity contribution in [2.24, 2.45) is 0 Å². The first-order chi connectivity index (χ1) is 7.40. The Bertz CT molecular complexity index is 470. The van der Waals surface area contributed by atoms with Gasteiger partial charge < -0.3 is 5.32 Å². The zero-order chi connectivity index (χ0) is 10.5. The van der Waals surface area contributed by atoms with Crippen LogP contribution in [0.3, 0.4) is 0 Å². The Morgan fingerprint density at radius 3 is 3.13 bits per heavy atom.